The molecule has 0 aliphatic rings. The minimum atomic E-state index is -0.639. The van der Waals surface area contributed by atoms with Gasteiger partial charge in [0.05, 0.1) is 0 Å². The third kappa shape index (κ3) is 148. The molecule has 0 fully saturated rings. The van der Waals surface area contributed by atoms with Crippen molar-refractivity contribution in [1.82, 2.24) is 0 Å². The van der Waals surface area contributed by atoms with Crippen molar-refractivity contribution in [1.29, 1.82) is 0 Å². The van der Waals surface area contributed by atoms with Crippen LogP contribution in [0.2, 0.25) is 0 Å². The van der Waals surface area contributed by atoms with E-state index in [-0.39, 0.29) is 29.6 Å². The molecule has 12 heteroatoms. The van der Waals surface area contributed by atoms with Gasteiger partial charge in [-0.3, -0.25) is 9.59 Å². The molecule has 125 valence electrons. The van der Waals surface area contributed by atoms with Gasteiger partial charge in [0.2, 0.25) is 5.97 Å². The van der Waals surface area contributed by atoms with Crippen LogP contribution in [0.5, 0.6) is 0 Å². The molecule has 0 heterocycles. The van der Waals surface area contributed by atoms with Gasteiger partial charge in [0.25, 0.3) is 0 Å². The summed E-state index contributed by atoms with van der Waals surface area (Å²) < 4.78 is 3.61. The van der Waals surface area contributed by atoms with Crippen LogP contribution in [0.15, 0.2) is 0 Å². The Morgan fingerprint density at radius 3 is 1.23 bits per heavy atom. The van der Waals surface area contributed by atoms with E-state index in [0.717, 1.165) is 13.8 Å². The molecule has 0 aromatic rings. The summed E-state index contributed by atoms with van der Waals surface area (Å²) in [5.74, 6) is -1.74. The average molecular weight is 366 g/mol. The van der Waals surface area contributed by atoms with Gasteiger partial charge in [0.15, 0.2) is 0 Å². The minimum absolute atomic E-state index is 0. The van der Waals surface area contributed by atoms with Gasteiger partial charge in [0, 0.05) is 20.8 Å². The fourth-order valence-electron chi connectivity index (χ4n) is 0.117. The Morgan fingerprint density at radius 2 is 1.18 bits per heavy atom. The molecule has 2 N–H and O–H groups in total. The number of rotatable bonds is 0. The first-order valence-electron chi connectivity index (χ1n) is 5.39. The number of nitrogens with two attached hydrogens (primary N) is 1. The predicted molar refractivity (Wildman–Crippen MR) is 87.9 cm³/mol. The molecule has 0 aliphatic carbocycles. The zero-order valence-electron chi connectivity index (χ0n) is 14.0. The number of hydrogen-bond acceptors (Lipinski definition) is 8. The van der Waals surface area contributed by atoms with Gasteiger partial charge in [-0.05, 0) is 13.2 Å². The second-order valence-electron chi connectivity index (χ2n) is 2.30. The second kappa shape index (κ2) is 42.9. The molecule has 0 spiro atoms. The van der Waals surface area contributed by atoms with Crippen LogP contribution < -0.4 is 35.3 Å². The molecule has 0 saturated carbocycles. The van der Waals surface area contributed by atoms with Crippen LogP contribution in [0.1, 0.15) is 27.7 Å². The molecule has 0 bridgehead atoms. The normalized spacial score (nSPS) is 6.05. The molecule has 0 aliphatic heterocycles. The van der Waals surface area contributed by atoms with E-state index in [1.54, 1.807) is 0 Å². The van der Waals surface area contributed by atoms with E-state index in [9.17, 15) is 14.4 Å². The van der Waals surface area contributed by atoms with E-state index in [0.29, 0.717) is 6.03 Å². The first kappa shape index (κ1) is 37.9. The summed E-state index contributed by atoms with van der Waals surface area (Å²) in [6.07, 6.45) is 1.17. The molecule has 3 radical (unpaired) electrons. The Labute approximate surface area is 160 Å². The van der Waals surface area contributed by atoms with Crippen LogP contribution in [0, 0.1) is 0 Å². The maximum Gasteiger partial charge on any atom is 1.00 e. The van der Waals surface area contributed by atoms with E-state index in [1.807, 2.05) is 9.24 Å². The molecule has 2 atom stereocenters. The van der Waals surface area contributed by atoms with E-state index < -0.39 is 17.9 Å². The average Bonchev–Trinajstić information content (AvgIpc) is 2.41. The number of carbonyl (C=O) groups excluding carboxylic acids is 4. The van der Waals surface area contributed by atoms with Crippen molar-refractivity contribution in [2.75, 3.05) is 13.2 Å². The van der Waals surface area contributed by atoms with Gasteiger partial charge >= 0.3 is 41.5 Å². The van der Waals surface area contributed by atoms with Crippen molar-refractivity contribution in [2.45, 2.75) is 27.7 Å². The summed E-state index contributed by atoms with van der Waals surface area (Å²) in [5, 5.41) is 0. The summed E-state index contributed by atoms with van der Waals surface area (Å²) in [6, 6.07) is 0.667. The second-order valence-corrected chi connectivity index (χ2v) is 3.39. The van der Waals surface area contributed by atoms with Crippen molar-refractivity contribution >= 4 is 50.5 Å². The van der Waals surface area contributed by atoms with Crippen LogP contribution >= 0.6 is 18.5 Å². The van der Waals surface area contributed by atoms with Crippen LogP contribution in [0.4, 0.5) is 0 Å². The fraction of sp³-hybridized carbons (Fsp3) is 0.600. The predicted octanol–water partition coefficient (Wildman–Crippen LogP) is -2.83. The molecule has 0 saturated heterocycles. The van der Waals surface area contributed by atoms with E-state index in [4.69, 9.17) is 4.79 Å². The Morgan fingerprint density at radius 1 is 1.05 bits per heavy atom. The summed E-state index contributed by atoms with van der Waals surface area (Å²) in [5.41, 5.74) is 4.50. The van der Waals surface area contributed by atoms with Crippen molar-refractivity contribution in [3.63, 3.8) is 0 Å². The molecular formula is C10H24BNNaO7P2. The Bertz CT molecular complexity index is 247. The van der Waals surface area contributed by atoms with Crippen molar-refractivity contribution in [3.05, 3.63) is 0 Å². The zero-order chi connectivity index (χ0) is 18.3. The Kier molecular flexibility index (Phi) is 73.8. The van der Waals surface area contributed by atoms with Gasteiger partial charge in [-0.1, -0.05) is 16.2 Å². The first-order chi connectivity index (χ1) is 9.72. The summed E-state index contributed by atoms with van der Waals surface area (Å²) in [6.45, 7) is 5.61. The third-order valence-corrected chi connectivity index (χ3v) is 0.442. The van der Waals surface area contributed by atoms with Gasteiger partial charge in [0.1, 0.15) is 6.03 Å². The van der Waals surface area contributed by atoms with Crippen molar-refractivity contribution in [2.24, 2.45) is 5.73 Å². The topological polar surface area (TPSA) is 122 Å². The molecule has 0 aromatic carbocycles. The van der Waals surface area contributed by atoms with Crippen LogP contribution in [-0.4, -0.2) is 45.2 Å². The zero-order valence-corrected chi connectivity index (χ0v) is 18.3. The van der Waals surface area contributed by atoms with E-state index in [1.165, 1.54) is 20.1 Å². The minimum Gasteiger partial charge on any atom is -0.793 e. The largest absolute Gasteiger partial charge is 1.00 e. The van der Waals surface area contributed by atoms with Gasteiger partial charge in [-0.25, -0.2) is 19.4 Å². The fourth-order valence-corrected chi connectivity index (χ4v) is 0.117. The van der Waals surface area contributed by atoms with E-state index in [2.05, 4.69) is 44.4 Å². The maximum atomic E-state index is 9.85. The molecule has 0 aromatic heterocycles. The van der Waals surface area contributed by atoms with Gasteiger partial charge in [-0.15, -0.1) is 9.24 Å². The Hall–Kier alpha value is -0.0351. The molecule has 0 amide bonds. The van der Waals surface area contributed by atoms with Gasteiger partial charge < -0.3 is 18.4 Å². The standard InChI is InChI=1S/C4H6O4.C2H3BO2.C2H7P.CH5N.CH3OP.Na/c1-3(5)7-8-4(2)6;1-2(4)5-3;1-2-3;1-2;2-1-3;/h1-2H3;1H3;2-3H2,1H3;2H2,1H3;1H,3H2;/q;-1;;;;+1. The van der Waals surface area contributed by atoms with Crippen LogP contribution in [0.3, 0.4) is 0 Å². The van der Waals surface area contributed by atoms with Gasteiger partial charge in [-0.2, -0.15) is 0 Å². The maximum absolute atomic E-state index is 9.85. The number of hydrogen-bond donors (Lipinski definition) is 1. The summed E-state index contributed by atoms with van der Waals surface area (Å²) in [4.78, 5) is 45.6. The monoisotopic (exact) mass is 366 g/mol. The third-order valence-electron chi connectivity index (χ3n) is 0.442. The number of carbonyl (C=O) groups is 4. The quantitative estimate of drug-likeness (QED) is 0.160. The SMILES string of the molecule is CC(=O)OOC(C)=O.CCP.CN.O=CP.[B-]OC(C)=O.[Na+]. The summed E-state index contributed by atoms with van der Waals surface area (Å²) >= 11 is 0. The molecule has 22 heavy (non-hydrogen) atoms. The smallest absolute Gasteiger partial charge is 0.793 e. The van der Waals surface area contributed by atoms with Crippen molar-refractivity contribution < 1.29 is 63.2 Å². The molecule has 8 nitrogen and oxygen atoms in total. The van der Waals surface area contributed by atoms with E-state index >= 15 is 0 Å². The van der Waals surface area contributed by atoms with Crippen molar-refractivity contribution in [3.8, 4) is 0 Å². The van der Waals surface area contributed by atoms with Crippen LogP contribution in [0.25, 0.3) is 0 Å². The van der Waals surface area contributed by atoms with Crippen LogP contribution in [-0.2, 0) is 33.6 Å². The summed E-state index contributed by atoms with van der Waals surface area (Å²) in [7, 11) is 10.3. The first-order valence-corrected chi connectivity index (χ1v) is 6.87. The Balaban J connectivity index is -0.0000000398. The molecule has 2 unspecified atom stereocenters. The molecular weight excluding hydrogens is 342 g/mol. The molecule has 0 rings (SSSR count).